The molecular weight excluding hydrogens is 849 g/mol. The highest BCUT2D eigenvalue weighted by Gasteiger charge is 2.59. The van der Waals surface area contributed by atoms with Crippen molar-refractivity contribution < 1.29 is 31.6 Å². The Morgan fingerprint density at radius 3 is 2.38 bits per heavy atom. The van der Waals surface area contributed by atoms with Crippen LogP contribution in [0.3, 0.4) is 0 Å². The minimum atomic E-state index is -4.47. The third-order valence-electron chi connectivity index (χ3n) is 13.5. The number of nitrogens with zero attached hydrogens (tertiary/aromatic N) is 9. The molecule has 334 valence electrons. The molecule has 1 N–H and O–H groups in total. The Hall–Kier alpha value is -7.02. The predicted molar refractivity (Wildman–Crippen MR) is 228 cm³/mol. The van der Waals surface area contributed by atoms with Crippen molar-refractivity contribution >= 4 is 27.7 Å². The summed E-state index contributed by atoms with van der Waals surface area (Å²) in [6.45, 7) is 5.79. The van der Waals surface area contributed by atoms with Gasteiger partial charge in [-0.15, -0.1) is 0 Å². The van der Waals surface area contributed by atoms with Crippen LogP contribution in [0.2, 0.25) is 0 Å². The topological polar surface area (TPSA) is 156 Å². The number of rotatable bonds is 8. The number of hydrogen-bond donors (Lipinski definition) is 1. The maximum absolute atomic E-state index is 15.3. The maximum atomic E-state index is 15.3. The molecule has 2 atom stereocenters. The molecule has 1 aliphatic carbocycles. The summed E-state index contributed by atoms with van der Waals surface area (Å²) in [7, 11) is 0. The molecule has 1 saturated carbocycles. The maximum Gasteiger partial charge on any atom is 0.438 e. The lowest BCUT2D eigenvalue weighted by atomic mass is 9.91. The third kappa shape index (κ3) is 6.65. The van der Waals surface area contributed by atoms with Gasteiger partial charge in [0.1, 0.15) is 29.4 Å². The minimum Gasteiger partial charge on any atom is -0.381 e. The van der Waals surface area contributed by atoms with E-state index in [1.165, 1.54) is 21.4 Å². The summed E-state index contributed by atoms with van der Waals surface area (Å²) < 4.78 is 72.7. The Kier molecular flexibility index (Phi) is 9.25. The zero-order valence-electron chi connectivity index (χ0n) is 35.5. The fourth-order valence-corrected chi connectivity index (χ4v) is 10.1. The van der Waals surface area contributed by atoms with E-state index in [0.717, 1.165) is 34.0 Å². The molecule has 15 nitrogen and oxygen atoms in total. The molecule has 3 aliphatic rings. The lowest BCUT2D eigenvalue weighted by Crippen LogP contribution is -2.39. The van der Waals surface area contributed by atoms with Crippen LogP contribution in [0.15, 0.2) is 87.3 Å². The number of aromatic amines is 1. The van der Waals surface area contributed by atoms with Crippen LogP contribution in [0.1, 0.15) is 76.4 Å². The normalized spacial score (nSPS) is 19.1. The molecule has 8 aromatic rings. The highest BCUT2D eigenvalue weighted by molar-refractivity contribution is 5.99. The van der Waals surface area contributed by atoms with E-state index >= 15 is 9.18 Å². The number of imidazole rings is 1. The van der Waals surface area contributed by atoms with Gasteiger partial charge in [0.05, 0.1) is 35.3 Å². The SMILES string of the molecule is Cc1cc(-n2nc3c(c2-n2ccn(-c4ccc5c(cnn5CC(F)(F)F)c4)c2=O)CN(C(=O)c2cc4cc(C5CCOCC5)ccc4n2[C@@]2(c4noc(=O)[nH]4)C[C@@H]2C)CC3)cc(C)c1F. The van der Waals surface area contributed by atoms with E-state index in [-0.39, 0.29) is 29.7 Å². The number of carbonyl (C=O) groups is 1. The molecule has 0 radical (unpaired) electrons. The van der Waals surface area contributed by atoms with Gasteiger partial charge >= 0.3 is 17.6 Å². The number of fused-ring (bicyclic) bond motifs is 3. The van der Waals surface area contributed by atoms with E-state index < -0.39 is 29.7 Å². The molecule has 1 saturated heterocycles. The molecule has 5 aromatic heterocycles. The van der Waals surface area contributed by atoms with Crippen molar-refractivity contribution in [3.05, 3.63) is 140 Å². The molecule has 3 aromatic carbocycles. The number of amides is 1. The highest BCUT2D eigenvalue weighted by Crippen LogP contribution is 2.56. The highest BCUT2D eigenvalue weighted by atomic mass is 19.4. The first-order valence-corrected chi connectivity index (χ1v) is 21.5. The van der Waals surface area contributed by atoms with E-state index in [1.54, 1.807) is 60.1 Å². The molecule has 0 unspecified atom stereocenters. The van der Waals surface area contributed by atoms with Gasteiger partial charge in [0.2, 0.25) is 0 Å². The zero-order valence-corrected chi connectivity index (χ0v) is 35.5. The summed E-state index contributed by atoms with van der Waals surface area (Å²) in [6.07, 6.45) is 2.69. The monoisotopic (exact) mass is 890 g/mol. The van der Waals surface area contributed by atoms with Crippen molar-refractivity contribution in [1.29, 1.82) is 0 Å². The van der Waals surface area contributed by atoms with E-state index in [2.05, 4.69) is 27.4 Å². The lowest BCUT2D eigenvalue weighted by molar-refractivity contribution is -0.141. The summed E-state index contributed by atoms with van der Waals surface area (Å²) in [5.74, 6) is -0.347. The summed E-state index contributed by atoms with van der Waals surface area (Å²) in [5.41, 5.74) is 4.17. The molecular formula is C46H42F4N10O5. The van der Waals surface area contributed by atoms with Crippen molar-refractivity contribution in [2.75, 3.05) is 19.8 Å². The van der Waals surface area contributed by atoms with E-state index in [0.29, 0.717) is 95.0 Å². The number of aryl methyl sites for hydroxylation is 2. The molecule has 0 spiro atoms. The Morgan fingerprint density at radius 1 is 0.938 bits per heavy atom. The molecule has 11 rings (SSSR count). The number of nitrogens with one attached hydrogen (secondary N) is 1. The Labute approximate surface area is 366 Å². The van der Waals surface area contributed by atoms with Crippen molar-refractivity contribution in [3.8, 4) is 17.2 Å². The second kappa shape index (κ2) is 14.8. The van der Waals surface area contributed by atoms with Crippen molar-refractivity contribution in [3.63, 3.8) is 0 Å². The number of carbonyl (C=O) groups excluding carboxylic acids is 1. The number of aromatic nitrogens is 9. The molecule has 65 heavy (non-hydrogen) atoms. The second-order valence-electron chi connectivity index (χ2n) is 17.6. The summed E-state index contributed by atoms with van der Waals surface area (Å²) in [4.78, 5) is 46.7. The number of alkyl halides is 3. The van der Waals surface area contributed by atoms with Gasteiger partial charge in [0.25, 0.3) is 5.91 Å². The van der Waals surface area contributed by atoms with Crippen molar-refractivity contribution in [1.82, 2.24) is 48.3 Å². The van der Waals surface area contributed by atoms with Crippen LogP contribution >= 0.6 is 0 Å². The molecule has 2 aliphatic heterocycles. The average molecular weight is 891 g/mol. The Balaban J connectivity index is 1.02. The van der Waals surface area contributed by atoms with Gasteiger partial charge < -0.3 is 14.2 Å². The zero-order chi connectivity index (χ0) is 45.1. The number of benzene rings is 3. The Morgan fingerprint density at radius 2 is 1.68 bits per heavy atom. The van der Waals surface area contributed by atoms with Crippen LogP contribution < -0.4 is 11.4 Å². The van der Waals surface area contributed by atoms with Crippen LogP contribution in [0, 0.1) is 25.6 Å². The first-order valence-electron chi connectivity index (χ1n) is 21.5. The van der Waals surface area contributed by atoms with Gasteiger partial charge in [-0.1, -0.05) is 18.1 Å². The van der Waals surface area contributed by atoms with Gasteiger partial charge in [0, 0.05) is 60.4 Å². The van der Waals surface area contributed by atoms with E-state index in [4.69, 9.17) is 14.4 Å². The van der Waals surface area contributed by atoms with Crippen LogP contribution in [0.25, 0.3) is 39.0 Å². The molecule has 19 heteroatoms. The number of hydrogen-bond acceptors (Lipinski definition) is 8. The lowest BCUT2D eigenvalue weighted by Gasteiger charge is -2.29. The average Bonchev–Trinajstić information content (AvgIpc) is 3.92. The van der Waals surface area contributed by atoms with Crippen LogP contribution in [0.4, 0.5) is 17.6 Å². The fraction of sp³-hybridized carbons (Fsp3) is 0.348. The fourth-order valence-electron chi connectivity index (χ4n) is 10.1. The molecule has 2 fully saturated rings. The smallest absolute Gasteiger partial charge is 0.381 e. The summed E-state index contributed by atoms with van der Waals surface area (Å²) >= 11 is 0. The summed E-state index contributed by atoms with van der Waals surface area (Å²) in [6, 6.07) is 16.1. The molecule has 0 bridgehead atoms. The van der Waals surface area contributed by atoms with E-state index in [9.17, 15) is 22.8 Å². The number of H-pyrrole nitrogens is 1. The van der Waals surface area contributed by atoms with E-state index in [1.807, 2.05) is 23.6 Å². The second-order valence-corrected chi connectivity index (χ2v) is 17.6. The van der Waals surface area contributed by atoms with Gasteiger partial charge in [-0.2, -0.15) is 23.4 Å². The largest absolute Gasteiger partial charge is 0.438 e. The Bertz CT molecular complexity index is 3320. The predicted octanol–water partition coefficient (Wildman–Crippen LogP) is 6.99. The van der Waals surface area contributed by atoms with Crippen LogP contribution in [-0.2, 0) is 29.8 Å². The number of ether oxygens (including phenoxy) is 1. The first kappa shape index (κ1) is 40.7. The van der Waals surface area contributed by atoms with Crippen LogP contribution in [-0.4, -0.2) is 80.1 Å². The quantitative estimate of drug-likeness (QED) is 0.160. The summed E-state index contributed by atoms with van der Waals surface area (Å²) in [5, 5.41) is 14.3. The van der Waals surface area contributed by atoms with Crippen molar-refractivity contribution in [2.45, 2.75) is 77.2 Å². The van der Waals surface area contributed by atoms with Crippen molar-refractivity contribution in [2.24, 2.45) is 5.92 Å². The molecule has 1 amide bonds. The van der Waals surface area contributed by atoms with Gasteiger partial charge in [-0.05, 0) is 110 Å². The first-order chi connectivity index (χ1) is 31.2. The third-order valence-corrected chi connectivity index (χ3v) is 13.5. The standard InChI is InChI=1S/C46H42F4N10O5/c1-25-16-33(17-26(2)39(25)47)60-40(57-13-12-56(44(57)63)32-5-7-36-31(19-32)22-51-58(36)24-46(48,49)50)34-23-55(11-8-35(34)53-60)41(61)38-20-30-18-29(28-9-14-64-15-10-28)4-6-37(30)59(38)45(21-27(45)3)42-52-43(62)65-54-42/h4-7,12-13,16-20,22,27-28H,8-11,14-15,21,23-24H2,1-3H3,(H,52,54,62)/t27-,45-/m0/s1. The molecule has 7 heterocycles. The van der Waals surface area contributed by atoms with Gasteiger partial charge in [0.15, 0.2) is 5.82 Å². The number of halogens is 4. The van der Waals surface area contributed by atoms with Gasteiger partial charge in [-0.3, -0.25) is 28.1 Å². The van der Waals surface area contributed by atoms with Crippen LogP contribution in [0.5, 0.6) is 0 Å². The van der Waals surface area contributed by atoms with Gasteiger partial charge in [-0.25, -0.2) is 18.7 Å². The minimum absolute atomic E-state index is 0.00585.